The molecule has 1 aromatic rings. The maximum Gasteiger partial charge on any atom is 0.191 e. The molecule has 0 saturated heterocycles. The lowest BCUT2D eigenvalue weighted by Gasteiger charge is -2.15. The second kappa shape index (κ2) is 3.57. The fraction of sp³-hybridized carbons (Fsp3) is 0.417. The maximum absolute atomic E-state index is 4.37. The van der Waals surface area contributed by atoms with E-state index >= 15 is 0 Å². The average Bonchev–Trinajstić information content (AvgIpc) is 2.89. The van der Waals surface area contributed by atoms with Crippen molar-refractivity contribution in [1.29, 1.82) is 0 Å². The van der Waals surface area contributed by atoms with Crippen LogP contribution in [-0.4, -0.2) is 19.0 Å². The van der Waals surface area contributed by atoms with Gasteiger partial charge in [0.25, 0.3) is 0 Å². The number of guanidine groups is 1. The number of nitrogens with one attached hydrogen (secondary N) is 2. The monoisotopic (exact) mass is 201 g/mol. The van der Waals surface area contributed by atoms with Crippen LogP contribution in [0.15, 0.2) is 29.3 Å². The molecule has 15 heavy (non-hydrogen) atoms. The van der Waals surface area contributed by atoms with Crippen molar-refractivity contribution in [2.24, 2.45) is 4.99 Å². The lowest BCUT2D eigenvalue weighted by Crippen LogP contribution is -2.35. The number of benzene rings is 1. The van der Waals surface area contributed by atoms with E-state index in [-0.39, 0.29) is 0 Å². The number of rotatable bonds is 1. The van der Waals surface area contributed by atoms with E-state index in [9.17, 15) is 0 Å². The molecule has 0 aromatic heterocycles. The smallest absolute Gasteiger partial charge is 0.191 e. The summed E-state index contributed by atoms with van der Waals surface area (Å²) >= 11 is 0. The molecular formula is C12H15N3. The van der Waals surface area contributed by atoms with Crippen LogP contribution in [0, 0.1) is 0 Å². The van der Waals surface area contributed by atoms with Crippen molar-refractivity contribution in [1.82, 2.24) is 10.6 Å². The van der Waals surface area contributed by atoms with Crippen molar-refractivity contribution in [2.45, 2.75) is 18.9 Å². The molecule has 0 unspecified atom stereocenters. The molecule has 0 fully saturated rings. The van der Waals surface area contributed by atoms with Gasteiger partial charge in [-0.05, 0) is 24.0 Å². The Labute approximate surface area is 89.6 Å². The van der Waals surface area contributed by atoms with E-state index in [1.54, 1.807) is 0 Å². The Hall–Kier alpha value is -1.51. The van der Waals surface area contributed by atoms with Gasteiger partial charge >= 0.3 is 0 Å². The quantitative estimate of drug-likeness (QED) is 0.717. The van der Waals surface area contributed by atoms with Crippen molar-refractivity contribution in [2.75, 3.05) is 13.1 Å². The highest BCUT2D eigenvalue weighted by Crippen LogP contribution is 2.30. The molecule has 2 aliphatic rings. The number of hydrogen-bond acceptors (Lipinski definition) is 3. The van der Waals surface area contributed by atoms with Gasteiger partial charge in [0, 0.05) is 6.54 Å². The van der Waals surface area contributed by atoms with E-state index in [0.29, 0.717) is 6.04 Å². The Morgan fingerprint density at radius 1 is 1.33 bits per heavy atom. The summed E-state index contributed by atoms with van der Waals surface area (Å²) < 4.78 is 0. The molecule has 1 aliphatic heterocycles. The molecule has 0 saturated carbocycles. The number of nitrogens with zero attached hydrogens (tertiary/aromatic N) is 1. The van der Waals surface area contributed by atoms with E-state index in [2.05, 4.69) is 39.9 Å². The molecule has 1 aromatic carbocycles. The zero-order valence-corrected chi connectivity index (χ0v) is 8.66. The van der Waals surface area contributed by atoms with Gasteiger partial charge in [0.05, 0.1) is 12.6 Å². The molecule has 78 valence electrons. The molecule has 1 aliphatic carbocycles. The van der Waals surface area contributed by atoms with Crippen molar-refractivity contribution >= 4 is 5.96 Å². The van der Waals surface area contributed by atoms with Crippen LogP contribution in [0.1, 0.15) is 23.6 Å². The van der Waals surface area contributed by atoms with Gasteiger partial charge in [0.15, 0.2) is 5.96 Å². The topological polar surface area (TPSA) is 36.4 Å². The molecule has 3 rings (SSSR count). The highest BCUT2D eigenvalue weighted by molar-refractivity contribution is 5.81. The highest BCUT2D eigenvalue weighted by Gasteiger charge is 2.22. The Morgan fingerprint density at radius 2 is 2.27 bits per heavy atom. The second-order valence-corrected chi connectivity index (χ2v) is 4.09. The predicted molar refractivity (Wildman–Crippen MR) is 60.9 cm³/mol. The third kappa shape index (κ3) is 1.58. The van der Waals surface area contributed by atoms with Crippen molar-refractivity contribution in [3.8, 4) is 0 Å². The molecule has 3 heteroatoms. The third-order valence-corrected chi connectivity index (χ3v) is 3.12. The summed E-state index contributed by atoms with van der Waals surface area (Å²) in [5, 5.41) is 6.73. The van der Waals surface area contributed by atoms with E-state index in [0.717, 1.165) is 19.0 Å². The van der Waals surface area contributed by atoms with E-state index in [1.807, 2.05) is 0 Å². The first-order valence-corrected chi connectivity index (χ1v) is 5.56. The first-order chi connectivity index (χ1) is 7.43. The van der Waals surface area contributed by atoms with Gasteiger partial charge in [-0.1, -0.05) is 24.3 Å². The highest BCUT2D eigenvalue weighted by atomic mass is 15.2. The minimum absolute atomic E-state index is 0.450. The summed E-state index contributed by atoms with van der Waals surface area (Å²) in [6.07, 6.45) is 2.36. The lowest BCUT2D eigenvalue weighted by molar-refractivity contribution is 0.631. The predicted octanol–water partition coefficient (Wildman–Crippen LogP) is 1.22. The third-order valence-electron chi connectivity index (χ3n) is 3.12. The first kappa shape index (κ1) is 8.77. The van der Waals surface area contributed by atoms with Gasteiger partial charge in [-0.25, -0.2) is 0 Å². The van der Waals surface area contributed by atoms with Crippen molar-refractivity contribution in [3.63, 3.8) is 0 Å². The van der Waals surface area contributed by atoms with Crippen LogP contribution in [0.25, 0.3) is 0 Å². The van der Waals surface area contributed by atoms with Gasteiger partial charge in [-0.3, -0.25) is 4.99 Å². The fourth-order valence-corrected chi connectivity index (χ4v) is 2.37. The number of aliphatic imine (C=N–C) groups is 1. The van der Waals surface area contributed by atoms with Gasteiger partial charge in [0.1, 0.15) is 0 Å². The number of hydrogen-bond donors (Lipinski definition) is 2. The number of aryl methyl sites for hydroxylation is 1. The fourth-order valence-electron chi connectivity index (χ4n) is 2.37. The zero-order chi connectivity index (χ0) is 10.1. The van der Waals surface area contributed by atoms with Crippen molar-refractivity contribution < 1.29 is 0 Å². The van der Waals surface area contributed by atoms with Gasteiger partial charge < -0.3 is 10.6 Å². The number of fused-ring (bicyclic) bond motifs is 1. The van der Waals surface area contributed by atoms with Gasteiger partial charge in [-0.15, -0.1) is 0 Å². The molecule has 1 heterocycles. The molecular weight excluding hydrogens is 186 g/mol. The second-order valence-electron chi connectivity index (χ2n) is 4.09. The average molecular weight is 201 g/mol. The Balaban J connectivity index is 1.79. The maximum atomic E-state index is 4.37. The largest absolute Gasteiger partial charge is 0.355 e. The standard InChI is InChI=1S/C12H15N3/c1-2-4-10-9(3-1)5-6-11(10)15-12-13-7-8-14-12/h1-4,11H,5-8H2,(H2,13,14,15)/t11-/m0/s1. The molecule has 0 amide bonds. The molecule has 2 N–H and O–H groups in total. The molecule has 0 bridgehead atoms. The molecule has 1 atom stereocenters. The SMILES string of the molecule is c1ccc2c(c1)CC[C@@H]2NC1=NCCN1. The Morgan fingerprint density at radius 3 is 3.13 bits per heavy atom. The van der Waals surface area contributed by atoms with Gasteiger partial charge in [-0.2, -0.15) is 0 Å². The summed E-state index contributed by atoms with van der Waals surface area (Å²) in [6, 6.07) is 9.12. The minimum Gasteiger partial charge on any atom is -0.355 e. The van der Waals surface area contributed by atoms with Crippen molar-refractivity contribution in [3.05, 3.63) is 35.4 Å². The van der Waals surface area contributed by atoms with E-state index < -0.39 is 0 Å². The van der Waals surface area contributed by atoms with Crippen LogP contribution in [-0.2, 0) is 6.42 Å². The van der Waals surface area contributed by atoms with E-state index in [4.69, 9.17) is 0 Å². The van der Waals surface area contributed by atoms with E-state index in [1.165, 1.54) is 24.0 Å². The summed E-state index contributed by atoms with van der Waals surface area (Å²) in [4.78, 5) is 4.37. The van der Waals surface area contributed by atoms with Crippen LogP contribution >= 0.6 is 0 Å². The summed E-state index contributed by atoms with van der Waals surface area (Å²) in [6.45, 7) is 1.87. The first-order valence-electron chi connectivity index (χ1n) is 5.56. The summed E-state index contributed by atoms with van der Waals surface area (Å²) in [7, 11) is 0. The molecule has 0 spiro atoms. The molecule has 0 radical (unpaired) electrons. The van der Waals surface area contributed by atoms with Crippen LogP contribution in [0.3, 0.4) is 0 Å². The minimum atomic E-state index is 0.450. The zero-order valence-electron chi connectivity index (χ0n) is 8.66. The van der Waals surface area contributed by atoms with Crippen LogP contribution < -0.4 is 10.6 Å². The molecule has 3 nitrogen and oxygen atoms in total. The van der Waals surface area contributed by atoms with Crippen LogP contribution in [0.5, 0.6) is 0 Å². The summed E-state index contributed by atoms with van der Waals surface area (Å²) in [5.74, 6) is 0.969. The van der Waals surface area contributed by atoms with Crippen LogP contribution in [0.2, 0.25) is 0 Å². The lowest BCUT2D eigenvalue weighted by atomic mass is 10.1. The van der Waals surface area contributed by atoms with Gasteiger partial charge in [0.2, 0.25) is 0 Å². The normalized spacial score (nSPS) is 23.2. The Kier molecular flexibility index (Phi) is 2.09. The van der Waals surface area contributed by atoms with Crippen LogP contribution in [0.4, 0.5) is 0 Å². The Bertz CT molecular complexity index is 398. The summed E-state index contributed by atoms with van der Waals surface area (Å²) in [5.41, 5.74) is 2.92.